The van der Waals surface area contributed by atoms with Crippen molar-refractivity contribution < 1.29 is 9.53 Å². The van der Waals surface area contributed by atoms with Crippen molar-refractivity contribution in [2.45, 2.75) is 45.4 Å². The van der Waals surface area contributed by atoms with Gasteiger partial charge in [0.1, 0.15) is 0 Å². The van der Waals surface area contributed by atoms with Gasteiger partial charge in [-0.3, -0.25) is 9.79 Å². The van der Waals surface area contributed by atoms with Gasteiger partial charge in [0.2, 0.25) is 0 Å². The number of nitrogens with zero attached hydrogens (tertiary/aromatic N) is 1. The molecule has 5 nitrogen and oxygen atoms in total. The molecule has 0 bridgehead atoms. The summed E-state index contributed by atoms with van der Waals surface area (Å²) < 4.78 is 4.63. The number of unbranched alkanes of at least 4 members (excludes halogenated alkanes) is 2. The quantitative estimate of drug-likeness (QED) is 0.194. The van der Waals surface area contributed by atoms with Gasteiger partial charge in [0.15, 0.2) is 5.96 Å². The molecule has 0 saturated heterocycles. The zero-order valence-electron chi connectivity index (χ0n) is 15.8. The zero-order chi connectivity index (χ0) is 17.8. The highest BCUT2D eigenvalue weighted by molar-refractivity contribution is 14.0. The summed E-state index contributed by atoms with van der Waals surface area (Å²) in [7, 11) is 3.21. The lowest BCUT2D eigenvalue weighted by atomic mass is 10.0. The van der Waals surface area contributed by atoms with E-state index in [1.165, 1.54) is 18.2 Å². The molecule has 142 valence electrons. The van der Waals surface area contributed by atoms with Crippen molar-refractivity contribution in [2.75, 3.05) is 27.2 Å². The number of carbonyl (C=O) groups is 1. The van der Waals surface area contributed by atoms with Gasteiger partial charge in [0, 0.05) is 26.6 Å². The van der Waals surface area contributed by atoms with Gasteiger partial charge in [-0.2, -0.15) is 0 Å². The van der Waals surface area contributed by atoms with Gasteiger partial charge in [0.05, 0.1) is 7.11 Å². The van der Waals surface area contributed by atoms with Gasteiger partial charge >= 0.3 is 5.97 Å². The topological polar surface area (TPSA) is 62.7 Å². The second-order valence-corrected chi connectivity index (χ2v) is 6.08. The Bertz CT molecular complexity index is 518. The molecule has 0 saturated carbocycles. The van der Waals surface area contributed by atoms with E-state index < -0.39 is 0 Å². The summed E-state index contributed by atoms with van der Waals surface area (Å²) in [6.07, 6.45) is 3.37. The summed E-state index contributed by atoms with van der Waals surface area (Å²) in [4.78, 5) is 15.3. The molecule has 6 heteroatoms. The molecule has 0 radical (unpaired) electrons. The molecular formula is C19H32IN3O2. The SMILES string of the molecule is CN=C(NCCCCCC(=O)OC)NCC(C)c1ccc(C)cc1.I. The van der Waals surface area contributed by atoms with E-state index in [9.17, 15) is 4.79 Å². The van der Waals surface area contributed by atoms with E-state index in [0.29, 0.717) is 12.3 Å². The number of ether oxygens (including phenoxy) is 1. The molecule has 0 aliphatic heterocycles. The minimum absolute atomic E-state index is 0. The number of rotatable bonds is 9. The van der Waals surface area contributed by atoms with Gasteiger partial charge in [-0.25, -0.2) is 0 Å². The van der Waals surface area contributed by atoms with Crippen LogP contribution in [0.1, 0.15) is 49.7 Å². The Hall–Kier alpha value is -1.31. The van der Waals surface area contributed by atoms with E-state index in [0.717, 1.165) is 38.3 Å². The number of halogens is 1. The summed E-state index contributed by atoms with van der Waals surface area (Å²) in [5, 5.41) is 6.68. The Balaban J connectivity index is 0.00000576. The molecule has 25 heavy (non-hydrogen) atoms. The Morgan fingerprint density at radius 1 is 1.16 bits per heavy atom. The fourth-order valence-electron chi connectivity index (χ4n) is 2.36. The third kappa shape index (κ3) is 10.3. The molecule has 0 amide bonds. The summed E-state index contributed by atoms with van der Waals surface area (Å²) >= 11 is 0. The number of guanidine groups is 1. The van der Waals surface area contributed by atoms with Gasteiger partial charge < -0.3 is 15.4 Å². The van der Waals surface area contributed by atoms with Gasteiger partial charge in [-0.05, 0) is 31.2 Å². The fraction of sp³-hybridized carbons (Fsp3) is 0.579. The van der Waals surface area contributed by atoms with Crippen LogP contribution in [0.3, 0.4) is 0 Å². The maximum absolute atomic E-state index is 11.0. The first-order valence-corrected chi connectivity index (χ1v) is 8.64. The molecule has 0 aliphatic rings. The maximum Gasteiger partial charge on any atom is 0.305 e. The normalized spacial score (nSPS) is 12.1. The van der Waals surface area contributed by atoms with Crippen LogP contribution in [0, 0.1) is 6.92 Å². The molecule has 2 N–H and O–H groups in total. The van der Waals surface area contributed by atoms with Crippen LogP contribution >= 0.6 is 24.0 Å². The van der Waals surface area contributed by atoms with Crippen molar-refractivity contribution in [1.29, 1.82) is 0 Å². The van der Waals surface area contributed by atoms with Gasteiger partial charge in [-0.1, -0.05) is 43.2 Å². The molecule has 0 spiro atoms. The number of esters is 1. The number of hydrogen-bond donors (Lipinski definition) is 2. The number of methoxy groups -OCH3 is 1. The van der Waals surface area contributed by atoms with Crippen molar-refractivity contribution in [2.24, 2.45) is 4.99 Å². The molecule has 0 fully saturated rings. The second kappa shape index (κ2) is 13.9. The van der Waals surface area contributed by atoms with Crippen LogP contribution in [-0.4, -0.2) is 39.2 Å². The number of hydrogen-bond acceptors (Lipinski definition) is 3. The van der Waals surface area contributed by atoms with Crippen LogP contribution in [0.2, 0.25) is 0 Å². The van der Waals surface area contributed by atoms with Crippen LogP contribution in [0.4, 0.5) is 0 Å². The van der Waals surface area contributed by atoms with E-state index in [-0.39, 0.29) is 29.9 Å². The Morgan fingerprint density at radius 2 is 1.84 bits per heavy atom. The first-order chi connectivity index (χ1) is 11.6. The molecule has 0 aromatic heterocycles. The first-order valence-electron chi connectivity index (χ1n) is 8.64. The second-order valence-electron chi connectivity index (χ2n) is 6.08. The number of aliphatic imine (C=N–C) groups is 1. The van der Waals surface area contributed by atoms with E-state index >= 15 is 0 Å². The van der Waals surface area contributed by atoms with Crippen LogP contribution in [0.15, 0.2) is 29.3 Å². The zero-order valence-corrected chi connectivity index (χ0v) is 18.1. The summed E-state index contributed by atoms with van der Waals surface area (Å²) in [5.74, 6) is 1.11. The van der Waals surface area contributed by atoms with E-state index in [1.54, 1.807) is 7.05 Å². The maximum atomic E-state index is 11.0. The highest BCUT2D eigenvalue weighted by atomic mass is 127. The lowest BCUT2D eigenvalue weighted by molar-refractivity contribution is -0.140. The van der Waals surface area contributed by atoms with Crippen molar-refractivity contribution >= 4 is 35.9 Å². The third-order valence-corrected chi connectivity index (χ3v) is 4.02. The molecule has 1 aromatic rings. The molecule has 1 aromatic carbocycles. The van der Waals surface area contributed by atoms with Crippen molar-refractivity contribution in [1.82, 2.24) is 10.6 Å². The van der Waals surface area contributed by atoms with Crippen molar-refractivity contribution in [3.8, 4) is 0 Å². The van der Waals surface area contributed by atoms with Crippen LogP contribution in [-0.2, 0) is 9.53 Å². The first kappa shape index (κ1) is 23.7. The van der Waals surface area contributed by atoms with Crippen LogP contribution in [0.5, 0.6) is 0 Å². The highest BCUT2D eigenvalue weighted by Gasteiger charge is 2.06. The van der Waals surface area contributed by atoms with Crippen LogP contribution in [0.25, 0.3) is 0 Å². The predicted molar refractivity (Wildman–Crippen MR) is 115 cm³/mol. The number of benzene rings is 1. The Labute approximate surface area is 169 Å². The predicted octanol–water partition coefficient (Wildman–Crippen LogP) is 3.61. The Morgan fingerprint density at radius 3 is 2.44 bits per heavy atom. The molecule has 1 rings (SSSR count). The van der Waals surface area contributed by atoms with E-state index in [1.807, 2.05) is 0 Å². The van der Waals surface area contributed by atoms with Crippen molar-refractivity contribution in [3.05, 3.63) is 35.4 Å². The van der Waals surface area contributed by atoms with Gasteiger partial charge in [-0.15, -0.1) is 24.0 Å². The van der Waals surface area contributed by atoms with E-state index in [4.69, 9.17) is 0 Å². The summed E-state index contributed by atoms with van der Waals surface area (Å²) in [6.45, 7) is 5.99. The largest absolute Gasteiger partial charge is 0.469 e. The Kier molecular flexibility index (Phi) is 13.2. The number of carbonyl (C=O) groups excluding carboxylic acids is 1. The smallest absolute Gasteiger partial charge is 0.305 e. The molecule has 1 atom stereocenters. The molecule has 1 unspecified atom stereocenters. The average molecular weight is 461 g/mol. The lowest BCUT2D eigenvalue weighted by Gasteiger charge is -2.16. The number of nitrogens with one attached hydrogen (secondary N) is 2. The van der Waals surface area contributed by atoms with Crippen molar-refractivity contribution in [3.63, 3.8) is 0 Å². The highest BCUT2D eigenvalue weighted by Crippen LogP contribution is 2.14. The number of aryl methyl sites for hydroxylation is 1. The monoisotopic (exact) mass is 461 g/mol. The minimum atomic E-state index is -0.134. The lowest BCUT2D eigenvalue weighted by Crippen LogP contribution is -2.39. The summed E-state index contributed by atoms with van der Waals surface area (Å²) in [5.41, 5.74) is 2.61. The average Bonchev–Trinajstić information content (AvgIpc) is 2.60. The fourth-order valence-corrected chi connectivity index (χ4v) is 2.36. The summed E-state index contributed by atoms with van der Waals surface area (Å²) in [6, 6.07) is 8.65. The molecular weight excluding hydrogens is 429 g/mol. The minimum Gasteiger partial charge on any atom is -0.469 e. The molecule has 0 aliphatic carbocycles. The van der Waals surface area contributed by atoms with Crippen LogP contribution < -0.4 is 10.6 Å². The van der Waals surface area contributed by atoms with E-state index in [2.05, 4.69) is 58.5 Å². The van der Waals surface area contributed by atoms with Gasteiger partial charge in [0.25, 0.3) is 0 Å². The third-order valence-electron chi connectivity index (χ3n) is 4.02. The molecule has 0 heterocycles. The standard InChI is InChI=1S/C19H31N3O2.HI/c1-15-9-11-17(12-10-15)16(2)14-22-19(20-3)21-13-7-5-6-8-18(23)24-4;/h9-12,16H,5-8,13-14H2,1-4H3,(H2,20,21,22);1H.